The molecule has 1 aromatic carbocycles. The highest BCUT2D eigenvalue weighted by molar-refractivity contribution is 6.00. The Morgan fingerprint density at radius 1 is 1.03 bits per heavy atom. The van der Waals surface area contributed by atoms with Gasteiger partial charge in [-0.1, -0.05) is 25.8 Å². The molecule has 0 aliphatic rings. The SMILES string of the molecule is C=CC(=O)OCCOCCOC(C)OCCOc1ccc(C(=O)C(C)(C)[CH-]C)cc1. The Morgan fingerprint density at radius 2 is 1.63 bits per heavy atom. The minimum atomic E-state index is -0.490. The highest BCUT2D eigenvalue weighted by Crippen LogP contribution is 2.25. The molecule has 0 heterocycles. The number of rotatable bonds is 16. The van der Waals surface area contributed by atoms with Crippen LogP contribution in [0.5, 0.6) is 5.75 Å². The number of benzene rings is 1. The van der Waals surface area contributed by atoms with Crippen molar-refractivity contribution < 1.29 is 33.3 Å². The van der Waals surface area contributed by atoms with Crippen LogP contribution in [0.3, 0.4) is 0 Å². The minimum absolute atomic E-state index is 0.0765. The van der Waals surface area contributed by atoms with Gasteiger partial charge >= 0.3 is 5.97 Å². The first-order valence-corrected chi connectivity index (χ1v) is 9.98. The molecule has 0 bridgehead atoms. The molecule has 0 aromatic heterocycles. The molecule has 30 heavy (non-hydrogen) atoms. The lowest BCUT2D eigenvalue weighted by Gasteiger charge is -2.30. The molecule has 0 aliphatic heterocycles. The van der Waals surface area contributed by atoms with Crippen LogP contribution in [0, 0.1) is 11.8 Å². The van der Waals surface area contributed by atoms with Crippen LogP contribution in [0.2, 0.25) is 0 Å². The van der Waals surface area contributed by atoms with Crippen molar-refractivity contribution in [2.45, 2.75) is 34.0 Å². The largest absolute Gasteiger partial charge is 0.491 e. The molecule has 0 fully saturated rings. The van der Waals surface area contributed by atoms with Gasteiger partial charge in [-0.05, 0) is 31.2 Å². The molecule has 1 aromatic rings. The van der Waals surface area contributed by atoms with E-state index < -0.39 is 17.7 Å². The molecule has 7 heteroatoms. The highest BCUT2D eigenvalue weighted by atomic mass is 16.7. The number of Topliss-reactive ketones (excluding diaryl/α,β-unsaturated/α-hetero) is 1. The van der Waals surface area contributed by atoms with E-state index >= 15 is 0 Å². The van der Waals surface area contributed by atoms with Gasteiger partial charge in [0.05, 0.1) is 26.4 Å². The van der Waals surface area contributed by atoms with Gasteiger partial charge in [0.25, 0.3) is 0 Å². The zero-order chi connectivity index (χ0) is 22.4. The summed E-state index contributed by atoms with van der Waals surface area (Å²) in [5.41, 5.74) is 0.167. The van der Waals surface area contributed by atoms with Crippen LogP contribution in [0.15, 0.2) is 36.9 Å². The van der Waals surface area contributed by atoms with Crippen LogP contribution >= 0.6 is 0 Å². The van der Waals surface area contributed by atoms with Crippen molar-refractivity contribution in [3.05, 3.63) is 48.9 Å². The average molecular weight is 422 g/mol. The zero-order valence-electron chi connectivity index (χ0n) is 18.3. The molecule has 7 nitrogen and oxygen atoms in total. The summed E-state index contributed by atoms with van der Waals surface area (Å²) < 4.78 is 26.7. The van der Waals surface area contributed by atoms with Crippen molar-refractivity contribution in [3.63, 3.8) is 0 Å². The molecular weight excluding hydrogens is 388 g/mol. The standard InChI is InChI=1S/C23H33O7/c1-6-21(24)30-15-13-26-12-14-27-18(3)28-16-17-29-20-10-8-19(9-11-20)22(25)23(4,5)7-2/h6-11,18H,1,12-17H2,2-5H3/q-1. The molecule has 0 amide bonds. The van der Waals surface area contributed by atoms with E-state index in [-0.39, 0.29) is 12.4 Å². The number of esters is 1. The van der Waals surface area contributed by atoms with Crippen LogP contribution in [0.25, 0.3) is 0 Å². The number of carbonyl (C=O) groups is 2. The lowest BCUT2D eigenvalue weighted by Crippen LogP contribution is -2.23. The normalized spacial score (nSPS) is 12.3. The number of hydrogen-bond acceptors (Lipinski definition) is 7. The maximum Gasteiger partial charge on any atom is 0.330 e. The Balaban J connectivity index is 2.13. The monoisotopic (exact) mass is 421 g/mol. The predicted molar refractivity (Wildman–Crippen MR) is 113 cm³/mol. The van der Waals surface area contributed by atoms with E-state index in [4.69, 9.17) is 23.7 Å². The third-order valence-electron chi connectivity index (χ3n) is 4.35. The fourth-order valence-electron chi connectivity index (χ4n) is 2.26. The Hall–Kier alpha value is -2.22. The second-order valence-corrected chi connectivity index (χ2v) is 7.01. The van der Waals surface area contributed by atoms with E-state index in [1.807, 2.05) is 27.2 Å². The summed E-state index contributed by atoms with van der Waals surface area (Å²) in [6.45, 7) is 12.7. The van der Waals surface area contributed by atoms with Gasteiger partial charge in [0.15, 0.2) is 6.29 Å². The number of carbonyl (C=O) groups excluding carboxylic acids is 2. The quantitative estimate of drug-likeness (QED) is 0.101. The van der Waals surface area contributed by atoms with Crippen molar-refractivity contribution in [1.29, 1.82) is 0 Å². The zero-order valence-corrected chi connectivity index (χ0v) is 18.3. The lowest BCUT2D eigenvalue weighted by molar-refractivity contribution is -0.146. The molecule has 0 spiro atoms. The average Bonchev–Trinajstić information content (AvgIpc) is 2.75. The van der Waals surface area contributed by atoms with Gasteiger partial charge in [-0.2, -0.15) is 6.92 Å². The van der Waals surface area contributed by atoms with E-state index in [0.717, 1.165) is 6.08 Å². The summed E-state index contributed by atoms with van der Waals surface area (Å²) in [7, 11) is 0. The fraction of sp³-hybridized carbons (Fsp3) is 0.522. The van der Waals surface area contributed by atoms with Crippen LogP contribution < -0.4 is 4.74 Å². The molecule has 1 atom stereocenters. The summed E-state index contributed by atoms with van der Waals surface area (Å²) in [5, 5.41) is 0. The smallest absolute Gasteiger partial charge is 0.330 e. The molecular formula is C23H33O7-. The summed E-state index contributed by atoms with van der Waals surface area (Å²) in [6.07, 6.45) is 2.60. The van der Waals surface area contributed by atoms with Crippen LogP contribution in [-0.2, 0) is 23.7 Å². The Morgan fingerprint density at radius 3 is 2.23 bits per heavy atom. The van der Waals surface area contributed by atoms with Crippen molar-refractivity contribution in [2.75, 3.05) is 39.6 Å². The van der Waals surface area contributed by atoms with Gasteiger partial charge < -0.3 is 30.1 Å². The van der Waals surface area contributed by atoms with E-state index in [1.54, 1.807) is 31.2 Å². The number of hydrogen-bond donors (Lipinski definition) is 0. The highest BCUT2D eigenvalue weighted by Gasteiger charge is 2.18. The summed E-state index contributed by atoms with van der Waals surface area (Å²) in [4.78, 5) is 23.2. The van der Waals surface area contributed by atoms with Crippen LogP contribution in [0.1, 0.15) is 38.1 Å². The number of ketones is 1. The summed E-state index contributed by atoms with van der Waals surface area (Å²) >= 11 is 0. The second-order valence-electron chi connectivity index (χ2n) is 7.01. The summed E-state index contributed by atoms with van der Waals surface area (Å²) in [5.74, 6) is 0.280. The minimum Gasteiger partial charge on any atom is -0.491 e. The molecule has 1 unspecified atom stereocenters. The molecule has 0 aliphatic carbocycles. The third kappa shape index (κ3) is 10.0. The molecule has 168 valence electrons. The van der Waals surface area contributed by atoms with Crippen molar-refractivity contribution >= 4 is 11.8 Å². The van der Waals surface area contributed by atoms with Gasteiger partial charge in [-0.3, -0.25) is 4.79 Å². The van der Waals surface area contributed by atoms with Gasteiger partial charge in [-0.15, -0.1) is 0 Å². The Labute approximate surface area is 179 Å². The first kappa shape index (κ1) is 25.8. The summed E-state index contributed by atoms with van der Waals surface area (Å²) in [6, 6.07) is 7.10. The van der Waals surface area contributed by atoms with Crippen LogP contribution in [-0.4, -0.2) is 57.7 Å². The molecule has 1 rings (SSSR count). The Bertz CT molecular complexity index is 652. The maximum absolute atomic E-state index is 12.4. The topological polar surface area (TPSA) is 80.3 Å². The van der Waals surface area contributed by atoms with Crippen LogP contribution in [0.4, 0.5) is 0 Å². The maximum atomic E-state index is 12.4. The van der Waals surface area contributed by atoms with Gasteiger partial charge in [0, 0.05) is 11.6 Å². The third-order valence-corrected chi connectivity index (χ3v) is 4.35. The fourth-order valence-corrected chi connectivity index (χ4v) is 2.26. The van der Waals surface area contributed by atoms with E-state index in [1.165, 1.54) is 0 Å². The molecule has 0 saturated carbocycles. The first-order chi connectivity index (χ1) is 14.3. The van der Waals surface area contributed by atoms with Crippen molar-refractivity contribution in [3.8, 4) is 5.75 Å². The van der Waals surface area contributed by atoms with Crippen molar-refractivity contribution in [1.82, 2.24) is 0 Å². The van der Waals surface area contributed by atoms with E-state index in [0.29, 0.717) is 44.3 Å². The van der Waals surface area contributed by atoms with Gasteiger partial charge in [0.2, 0.25) is 0 Å². The van der Waals surface area contributed by atoms with Gasteiger partial charge in [-0.25, -0.2) is 4.79 Å². The predicted octanol–water partition coefficient (Wildman–Crippen LogP) is 3.62. The van der Waals surface area contributed by atoms with E-state index in [2.05, 4.69) is 6.58 Å². The molecule has 0 radical (unpaired) electrons. The Kier molecular flexibility index (Phi) is 12.0. The van der Waals surface area contributed by atoms with E-state index in [9.17, 15) is 9.59 Å². The first-order valence-electron chi connectivity index (χ1n) is 9.98. The van der Waals surface area contributed by atoms with Gasteiger partial charge in [0.1, 0.15) is 24.7 Å². The molecule has 0 N–H and O–H groups in total. The number of ether oxygens (including phenoxy) is 5. The second kappa shape index (κ2) is 13.9. The van der Waals surface area contributed by atoms with Crippen molar-refractivity contribution in [2.24, 2.45) is 5.41 Å². The lowest BCUT2D eigenvalue weighted by atomic mass is 9.82. The molecule has 0 saturated heterocycles.